The van der Waals surface area contributed by atoms with Crippen molar-refractivity contribution in [2.45, 2.75) is 215 Å². The van der Waals surface area contributed by atoms with Gasteiger partial charge in [-0.05, 0) is 98.2 Å². The minimum Gasteiger partial charge on any atom is -0.506 e. The van der Waals surface area contributed by atoms with Gasteiger partial charge >= 0.3 is 0 Å². The predicted molar refractivity (Wildman–Crippen MR) is 365 cm³/mol. The first-order valence-electron chi connectivity index (χ1n) is 33.0. The monoisotopic (exact) mass is 1180 g/mol. The first kappa shape index (κ1) is 60.0. The van der Waals surface area contributed by atoms with E-state index in [-0.39, 0.29) is 11.5 Å². The number of ketones is 1. The molecular formula is C75H92N3O3S3+. The summed E-state index contributed by atoms with van der Waals surface area (Å²) in [6.07, 6.45) is 32.4. The summed E-state index contributed by atoms with van der Waals surface area (Å²) in [4.78, 5) is 20.2. The van der Waals surface area contributed by atoms with E-state index in [0.717, 1.165) is 78.7 Å². The standard InChI is InChI=1S/C75H91N3O3S3/c1-7-12-17-22-24-28-43-76-60-42-41-54(65-50-64(81-46-30-21-16-11-5)75(83-65)66-49-63-74(84-66)73-62(77(63)44-27-20-15-10-4)47-53(82-73)36-26-19-14-9-3)55-37-33-38-56(69(55)60)61(76)48-58-71(79)67(72(58)80)51(6)70-57-39-31-34-52-35-32-40-59(68(52)57)78(70)45-29-25-23-18-13-8-2/h31-35,37-42,47-50H,7-30,36,43-46H2,1-6H3/p+1. The number of thiophene rings is 3. The maximum Gasteiger partial charge on any atom is 0.214 e. The number of carbonyl (C=O) groups is 1. The molecule has 0 amide bonds. The zero-order valence-corrected chi connectivity index (χ0v) is 53.9. The van der Waals surface area contributed by atoms with Gasteiger partial charge in [0.15, 0.2) is 0 Å². The number of hydrogen-bond acceptors (Lipinski definition) is 6. The second kappa shape index (κ2) is 28.2. The molecule has 0 fully saturated rings. The topological polar surface area (TPSA) is 59.4 Å². The van der Waals surface area contributed by atoms with Gasteiger partial charge in [-0.25, -0.2) is 0 Å². The number of Topliss-reactive ketones (excluding diaryl/α,β-unsaturated/α-hetero) is 1. The number of aliphatic hydroxyl groups excluding tert-OH is 1. The highest BCUT2D eigenvalue weighted by Crippen LogP contribution is 2.52. The predicted octanol–water partition coefficient (Wildman–Crippen LogP) is 22.3. The summed E-state index contributed by atoms with van der Waals surface area (Å²) in [5.41, 5.74) is 10.2. The molecule has 84 heavy (non-hydrogen) atoms. The normalized spacial score (nSPS) is 14.5. The molecule has 9 heteroatoms. The van der Waals surface area contributed by atoms with E-state index >= 15 is 0 Å². The Labute approximate surface area is 512 Å². The van der Waals surface area contributed by atoms with Gasteiger partial charge in [0.1, 0.15) is 18.1 Å². The number of hydrogen-bond donors (Lipinski definition) is 1. The lowest BCUT2D eigenvalue weighted by atomic mass is 9.82. The van der Waals surface area contributed by atoms with Gasteiger partial charge in [0.05, 0.1) is 64.2 Å². The van der Waals surface area contributed by atoms with Crippen LogP contribution in [0.2, 0.25) is 0 Å². The fourth-order valence-electron chi connectivity index (χ4n) is 13.7. The Morgan fingerprint density at radius 3 is 1.93 bits per heavy atom. The molecule has 442 valence electrons. The minimum atomic E-state index is -0.0818. The maximum atomic E-state index is 14.9. The molecule has 0 saturated carbocycles. The third-order valence-corrected chi connectivity index (χ3v) is 22.0. The summed E-state index contributed by atoms with van der Waals surface area (Å²) in [6, 6.07) is 31.8. The van der Waals surface area contributed by atoms with Crippen molar-refractivity contribution in [2.24, 2.45) is 0 Å². The molecule has 0 radical (unpaired) electrons. The molecule has 1 aliphatic carbocycles. The van der Waals surface area contributed by atoms with Crippen LogP contribution in [0.5, 0.6) is 5.75 Å². The summed E-state index contributed by atoms with van der Waals surface area (Å²) in [5.74, 6) is 1.01. The molecule has 0 atom stereocenters. The van der Waals surface area contributed by atoms with Crippen molar-refractivity contribution in [3.8, 4) is 25.9 Å². The van der Waals surface area contributed by atoms with Crippen LogP contribution < -0.4 is 10.1 Å². The van der Waals surface area contributed by atoms with Crippen LogP contribution in [-0.2, 0) is 24.3 Å². The molecular weight excluding hydrogens is 1090 g/mol. The molecule has 4 aromatic carbocycles. The Balaban J connectivity index is 0.979. The van der Waals surface area contributed by atoms with E-state index in [1.807, 2.05) is 40.1 Å². The third kappa shape index (κ3) is 12.2. The zero-order valence-electron chi connectivity index (χ0n) is 51.5. The number of carbonyl (C=O) groups excluding carboxylic acids is 1. The largest absolute Gasteiger partial charge is 0.506 e. The van der Waals surface area contributed by atoms with Crippen LogP contribution in [0.1, 0.15) is 206 Å². The van der Waals surface area contributed by atoms with E-state index < -0.39 is 0 Å². The second-order valence-corrected chi connectivity index (χ2v) is 27.6. The lowest BCUT2D eigenvalue weighted by Gasteiger charge is -2.22. The molecule has 11 rings (SSSR count). The first-order valence-corrected chi connectivity index (χ1v) is 35.5. The Morgan fingerprint density at radius 1 is 0.571 bits per heavy atom. The summed E-state index contributed by atoms with van der Waals surface area (Å²) in [6.45, 7) is 17.0. The minimum absolute atomic E-state index is 0.0818. The van der Waals surface area contributed by atoms with Crippen LogP contribution in [0.3, 0.4) is 0 Å². The number of fused-ring (bicyclic) bond motifs is 3. The Hall–Kier alpha value is -5.74. The molecule has 9 aromatic rings. The molecule has 5 aromatic heterocycles. The average molecular weight is 1180 g/mol. The van der Waals surface area contributed by atoms with Gasteiger partial charge in [-0.2, -0.15) is 4.58 Å². The van der Waals surface area contributed by atoms with E-state index in [4.69, 9.17) is 4.74 Å². The summed E-state index contributed by atoms with van der Waals surface area (Å²) >= 11 is 5.87. The fraction of sp³-hybridized carbons (Fsp3) is 0.467. The number of aryl methyl sites for hydroxylation is 3. The van der Waals surface area contributed by atoms with Crippen LogP contribution in [-0.4, -0.2) is 43.5 Å². The van der Waals surface area contributed by atoms with Gasteiger partial charge in [0.2, 0.25) is 17.2 Å². The number of aromatic nitrogens is 2. The van der Waals surface area contributed by atoms with Crippen molar-refractivity contribution >= 4 is 110 Å². The number of benzene rings is 4. The number of nitrogens with zero attached hydrogens (tertiary/aromatic N) is 3. The van der Waals surface area contributed by atoms with E-state index in [0.29, 0.717) is 17.8 Å². The summed E-state index contributed by atoms with van der Waals surface area (Å²) in [7, 11) is 0. The number of allylic oxidation sites excluding steroid dienone is 3. The number of rotatable bonds is 34. The van der Waals surface area contributed by atoms with E-state index in [9.17, 15) is 9.90 Å². The molecule has 6 nitrogen and oxygen atoms in total. The van der Waals surface area contributed by atoms with E-state index in [1.54, 1.807) is 0 Å². The van der Waals surface area contributed by atoms with Crippen molar-refractivity contribution in [3.05, 3.63) is 124 Å². The summed E-state index contributed by atoms with van der Waals surface area (Å²) < 4.78 is 17.3. The van der Waals surface area contributed by atoms with Crippen LogP contribution >= 0.6 is 34.0 Å². The van der Waals surface area contributed by atoms with Crippen molar-refractivity contribution in [2.75, 3.05) is 13.2 Å². The van der Waals surface area contributed by atoms with E-state index in [1.165, 1.54) is 213 Å². The Morgan fingerprint density at radius 2 is 1.19 bits per heavy atom. The van der Waals surface area contributed by atoms with Gasteiger partial charge in [-0.15, -0.1) is 34.0 Å². The lowest BCUT2D eigenvalue weighted by molar-refractivity contribution is -0.436. The van der Waals surface area contributed by atoms with Crippen LogP contribution in [0.4, 0.5) is 5.69 Å². The highest BCUT2D eigenvalue weighted by Gasteiger charge is 2.40. The van der Waals surface area contributed by atoms with Gasteiger partial charge in [-0.1, -0.05) is 193 Å². The van der Waals surface area contributed by atoms with Crippen molar-refractivity contribution < 1.29 is 19.2 Å². The lowest BCUT2D eigenvalue weighted by Crippen LogP contribution is -2.29. The second-order valence-electron chi connectivity index (χ2n) is 24.3. The van der Waals surface area contributed by atoms with Crippen LogP contribution in [0.25, 0.3) is 78.6 Å². The first-order chi connectivity index (χ1) is 41.3. The van der Waals surface area contributed by atoms with E-state index in [2.05, 4.69) is 140 Å². The molecule has 0 spiro atoms. The quantitative estimate of drug-likeness (QED) is 0.0248. The molecule has 6 heterocycles. The molecule has 0 saturated heterocycles. The fourth-order valence-corrected chi connectivity index (χ4v) is 17.4. The SMILES string of the molecule is CCCCCCCCn1/c(=C(\C)C2=C(O)/C(=C\C3=[N+](CCCCCCCC)c4ccc(-c5cc(OCCCCCC)c(-c6cc7c(s6)c6sc(CCCCCC)cc6n7CCCCCC)s5)c5cccc3c45)C2=O)c2cccc3cccc1c32. The molecule has 0 unspecified atom stereocenters. The smallest absolute Gasteiger partial charge is 0.214 e. The molecule has 0 bridgehead atoms. The van der Waals surface area contributed by atoms with Crippen molar-refractivity contribution in [1.82, 2.24) is 9.13 Å². The molecule has 1 N–H and O–H groups in total. The highest BCUT2D eigenvalue weighted by molar-refractivity contribution is 7.31. The van der Waals surface area contributed by atoms with Crippen molar-refractivity contribution in [3.63, 3.8) is 0 Å². The number of ether oxygens (including phenoxy) is 1. The van der Waals surface area contributed by atoms with Crippen LogP contribution in [0, 0.1) is 0 Å². The number of aliphatic hydroxyl groups is 1. The zero-order chi connectivity index (χ0) is 58.1. The average Bonchev–Trinajstić information content (AvgIpc) is 3.29. The van der Waals surface area contributed by atoms with Gasteiger partial charge in [0.25, 0.3) is 0 Å². The van der Waals surface area contributed by atoms with Crippen LogP contribution in [0.15, 0.2) is 108 Å². The Bertz CT molecular complexity index is 3930. The third-order valence-electron chi connectivity index (χ3n) is 18.2. The number of unbranched alkanes of at least 4 members (excludes halogenated alkanes) is 19. The molecule has 1 aliphatic heterocycles. The van der Waals surface area contributed by atoms with Gasteiger partial charge in [-0.3, -0.25) is 4.79 Å². The summed E-state index contributed by atoms with van der Waals surface area (Å²) in [5, 5.41) is 19.4. The Kier molecular flexibility index (Phi) is 20.1. The van der Waals surface area contributed by atoms with Crippen molar-refractivity contribution in [1.29, 1.82) is 0 Å². The highest BCUT2D eigenvalue weighted by atomic mass is 32.1. The van der Waals surface area contributed by atoms with Gasteiger partial charge in [0, 0.05) is 63.3 Å². The van der Waals surface area contributed by atoms with Gasteiger partial charge < -0.3 is 19.0 Å². The molecule has 2 aliphatic rings. The maximum absolute atomic E-state index is 14.9.